The van der Waals surface area contributed by atoms with E-state index in [1.165, 1.54) is 28.9 Å². The van der Waals surface area contributed by atoms with Crippen LogP contribution >= 0.6 is 0 Å². The number of aryl methyl sites for hydroxylation is 1. The highest BCUT2D eigenvalue weighted by atomic mass is 19.4. The van der Waals surface area contributed by atoms with E-state index in [1.54, 1.807) is 6.20 Å². The zero-order valence-corrected chi connectivity index (χ0v) is 15.0. The molecule has 0 atom stereocenters. The number of halogens is 3. The molecule has 8 heteroatoms. The summed E-state index contributed by atoms with van der Waals surface area (Å²) in [5.41, 5.74) is 0.284. The van der Waals surface area contributed by atoms with E-state index in [4.69, 9.17) is 4.74 Å². The predicted octanol–water partition coefficient (Wildman–Crippen LogP) is 4.18. The number of carbonyl (C=O) groups is 1. The van der Waals surface area contributed by atoms with Gasteiger partial charge in [0.1, 0.15) is 11.4 Å². The summed E-state index contributed by atoms with van der Waals surface area (Å²) < 4.78 is 46.1. The van der Waals surface area contributed by atoms with Crippen LogP contribution in [-0.4, -0.2) is 15.7 Å². The minimum atomic E-state index is -4.48. The molecule has 0 radical (unpaired) electrons. The van der Waals surface area contributed by atoms with E-state index in [0.717, 1.165) is 11.6 Å². The van der Waals surface area contributed by atoms with Crippen molar-refractivity contribution in [3.8, 4) is 5.75 Å². The monoisotopic (exact) mass is 389 g/mol. The number of ether oxygens (including phenoxy) is 1. The maximum absolute atomic E-state index is 13.0. The second kappa shape index (κ2) is 8.16. The molecule has 146 valence electrons. The number of hydrogen-bond donors (Lipinski definition) is 1. The number of amides is 1. The van der Waals surface area contributed by atoms with Gasteiger partial charge in [-0.15, -0.1) is 0 Å². The molecular formula is C20H18F3N3O2. The van der Waals surface area contributed by atoms with Crippen molar-refractivity contribution in [2.45, 2.75) is 26.4 Å². The van der Waals surface area contributed by atoms with E-state index in [-0.39, 0.29) is 24.5 Å². The van der Waals surface area contributed by atoms with E-state index in [2.05, 4.69) is 10.4 Å². The van der Waals surface area contributed by atoms with Crippen LogP contribution in [0.25, 0.3) is 0 Å². The van der Waals surface area contributed by atoms with Gasteiger partial charge in [0, 0.05) is 12.7 Å². The van der Waals surface area contributed by atoms with Gasteiger partial charge in [-0.2, -0.15) is 18.3 Å². The Labute approximate surface area is 159 Å². The first-order chi connectivity index (χ1) is 13.3. The molecule has 0 saturated heterocycles. The highest BCUT2D eigenvalue weighted by Crippen LogP contribution is 2.31. The number of nitrogens with one attached hydrogen (secondary N) is 1. The van der Waals surface area contributed by atoms with E-state index in [0.29, 0.717) is 5.75 Å². The first-order valence-electron chi connectivity index (χ1n) is 8.50. The molecule has 0 aliphatic heterocycles. The average Bonchev–Trinajstić information content (AvgIpc) is 3.14. The van der Waals surface area contributed by atoms with Crippen LogP contribution in [-0.2, 0) is 19.5 Å². The lowest BCUT2D eigenvalue weighted by atomic mass is 10.1. The van der Waals surface area contributed by atoms with Crippen molar-refractivity contribution in [3.63, 3.8) is 0 Å². The number of para-hydroxylation sites is 1. The Morgan fingerprint density at radius 2 is 1.82 bits per heavy atom. The van der Waals surface area contributed by atoms with Crippen molar-refractivity contribution in [3.05, 3.63) is 83.2 Å². The molecule has 0 aliphatic rings. The van der Waals surface area contributed by atoms with Crippen LogP contribution in [0.2, 0.25) is 0 Å². The Morgan fingerprint density at radius 1 is 1.11 bits per heavy atom. The normalized spacial score (nSPS) is 11.3. The Kier molecular flexibility index (Phi) is 5.67. The molecule has 0 bridgehead atoms. The number of benzene rings is 2. The Balaban J connectivity index is 1.60. The lowest BCUT2D eigenvalue weighted by Crippen LogP contribution is -2.25. The molecule has 1 aromatic heterocycles. The van der Waals surface area contributed by atoms with Gasteiger partial charge in [0.25, 0.3) is 5.91 Å². The third-order valence-corrected chi connectivity index (χ3v) is 4.08. The van der Waals surface area contributed by atoms with Gasteiger partial charge in [-0.25, -0.2) is 4.68 Å². The maximum atomic E-state index is 13.0. The Hall–Kier alpha value is -3.29. The minimum absolute atomic E-state index is 0.00864. The van der Waals surface area contributed by atoms with Gasteiger partial charge in [-0.3, -0.25) is 4.79 Å². The van der Waals surface area contributed by atoms with Crippen molar-refractivity contribution in [1.82, 2.24) is 15.1 Å². The van der Waals surface area contributed by atoms with Crippen LogP contribution < -0.4 is 10.1 Å². The molecule has 28 heavy (non-hydrogen) atoms. The standard InChI is InChI=1S/C20H18F3N3O2/c1-14-6-2-5-9-18(14)28-13-26-11-10-17(25-26)19(27)24-12-15-7-3-4-8-16(15)20(21,22)23/h2-11H,12-13H2,1H3,(H,24,27). The van der Waals surface area contributed by atoms with Gasteiger partial charge in [0.05, 0.1) is 5.56 Å². The maximum Gasteiger partial charge on any atom is 0.416 e. The van der Waals surface area contributed by atoms with Crippen molar-refractivity contribution < 1.29 is 22.7 Å². The third kappa shape index (κ3) is 4.70. The topological polar surface area (TPSA) is 56.1 Å². The molecule has 0 aliphatic carbocycles. The molecule has 2 aromatic carbocycles. The second-order valence-electron chi connectivity index (χ2n) is 6.12. The molecule has 0 spiro atoms. The molecule has 1 N–H and O–H groups in total. The van der Waals surface area contributed by atoms with Crippen LogP contribution in [0.4, 0.5) is 13.2 Å². The number of hydrogen-bond acceptors (Lipinski definition) is 3. The number of rotatable bonds is 6. The van der Waals surface area contributed by atoms with E-state index >= 15 is 0 Å². The predicted molar refractivity (Wildman–Crippen MR) is 96.6 cm³/mol. The number of aromatic nitrogens is 2. The molecule has 1 amide bonds. The van der Waals surface area contributed by atoms with Crippen molar-refractivity contribution >= 4 is 5.91 Å². The number of alkyl halides is 3. The molecule has 5 nitrogen and oxygen atoms in total. The number of nitrogens with zero attached hydrogens (tertiary/aromatic N) is 2. The highest BCUT2D eigenvalue weighted by Gasteiger charge is 2.32. The van der Waals surface area contributed by atoms with Crippen LogP contribution in [0, 0.1) is 6.92 Å². The summed E-state index contributed by atoms with van der Waals surface area (Å²) in [6.45, 7) is 1.77. The largest absolute Gasteiger partial charge is 0.471 e. The molecule has 0 saturated carbocycles. The summed E-state index contributed by atoms with van der Waals surface area (Å²) >= 11 is 0. The lowest BCUT2D eigenvalue weighted by molar-refractivity contribution is -0.138. The van der Waals surface area contributed by atoms with Gasteiger partial charge in [-0.05, 0) is 36.2 Å². The Bertz CT molecular complexity index is 967. The van der Waals surface area contributed by atoms with Gasteiger partial charge in [0.2, 0.25) is 0 Å². The summed E-state index contributed by atoms with van der Waals surface area (Å²) in [6, 6.07) is 14.1. The summed E-state index contributed by atoms with van der Waals surface area (Å²) in [4.78, 5) is 12.2. The van der Waals surface area contributed by atoms with Gasteiger partial charge in [-0.1, -0.05) is 36.4 Å². The smallest absolute Gasteiger partial charge is 0.416 e. The lowest BCUT2D eigenvalue weighted by Gasteiger charge is -2.12. The van der Waals surface area contributed by atoms with Gasteiger partial charge >= 0.3 is 6.18 Å². The van der Waals surface area contributed by atoms with Gasteiger partial charge < -0.3 is 10.1 Å². The quantitative estimate of drug-likeness (QED) is 0.688. The zero-order chi connectivity index (χ0) is 20.1. The SMILES string of the molecule is Cc1ccccc1OCn1ccc(C(=O)NCc2ccccc2C(F)(F)F)n1. The van der Waals surface area contributed by atoms with Crippen LogP contribution in [0.3, 0.4) is 0 Å². The van der Waals surface area contributed by atoms with Crippen LogP contribution in [0.1, 0.15) is 27.2 Å². The fourth-order valence-electron chi connectivity index (χ4n) is 2.63. The molecule has 0 fully saturated rings. The van der Waals surface area contributed by atoms with E-state index < -0.39 is 17.6 Å². The average molecular weight is 389 g/mol. The highest BCUT2D eigenvalue weighted by molar-refractivity contribution is 5.92. The van der Waals surface area contributed by atoms with Crippen molar-refractivity contribution in [1.29, 1.82) is 0 Å². The molecule has 0 unspecified atom stereocenters. The number of carbonyl (C=O) groups excluding carboxylic acids is 1. The van der Waals surface area contributed by atoms with E-state index in [1.807, 2.05) is 31.2 Å². The molecular weight excluding hydrogens is 371 g/mol. The van der Waals surface area contributed by atoms with Crippen LogP contribution in [0.15, 0.2) is 60.8 Å². The molecule has 3 rings (SSSR count). The Morgan fingerprint density at radius 3 is 2.57 bits per heavy atom. The first kappa shape index (κ1) is 19.5. The summed E-state index contributed by atoms with van der Waals surface area (Å²) in [5.74, 6) is 0.138. The van der Waals surface area contributed by atoms with Crippen LogP contribution in [0.5, 0.6) is 5.75 Å². The van der Waals surface area contributed by atoms with Crippen molar-refractivity contribution in [2.75, 3.05) is 0 Å². The minimum Gasteiger partial charge on any atom is -0.471 e. The summed E-state index contributed by atoms with van der Waals surface area (Å²) in [7, 11) is 0. The van der Waals surface area contributed by atoms with Gasteiger partial charge in [0.15, 0.2) is 6.73 Å². The fraction of sp³-hybridized carbons (Fsp3) is 0.200. The zero-order valence-electron chi connectivity index (χ0n) is 15.0. The molecule has 3 aromatic rings. The summed E-state index contributed by atoms with van der Waals surface area (Å²) in [5, 5.41) is 6.56. The fourth-order valence-corrected chi connectivity index (χ4v) is 2.63. The van der Waals surface area contributed by atoms with Crippen molar-refractivity contribution in [2.24, 2.45) is 0 Å². The summed E-state index contributed by atoms with van der Waals surface area (Å²) in [6.07, 6.45) is -2.91. The first-order valence-corrected chi connectivity index (χ1v) is 8.50. The molecule has 1 heterocycles. The third-order valence-electron chi connectivity index (χ3n) is 4.08. The second-order valence-corrected chi connectivity index (χ2v) is 6.12. The van der Waals surface area contributed by atoms with E-state index in [9.17, 15) is 18.0 Å².